The Morgan fingerprint density at radius 2 is 0.441 bits per heavy atom. The van der Waals surface area contributed by atoms with E-state index in [0.29, 0.717) is 52.1 Å². The molecule has 1 aliphatic carbocycles. The molecular weight excluding hydrogens is 1350 g/mol. The molecule has 4 aromatic carbocycles. The van der Waals surface area contributed by atoms with E-state index in [1.54, 1.807) is 0 Å². The van der Waals surface area contributed by atoms with E-state index in [0.717, 1.165) is 87.7 Å². The van der Waals surface area contributed by atoms with E-state index in [2.05, 4.69) is 216 Å². The van der Waals surface area contributed by atoms with Crippen LogP contribution in [0.2, 0.25) is 0 Å². The van der Waals surface area contributed by atoms with Crippen LogP contribution in [0.5, 0.6) is 23.0 Å². The van der Waals surface area contributed by atoms with Gasteiger partial charge in [0, 0.05) is 25.7 Å². The van der Waals surface area contributed by atoms with Crippen LogP contribution in [-0.4, -0.2) is 44.7 Å². The highest BCUT2D eigenvalue weighted by Gasteiger charge is 2.27. The zero-order valence-corrected chi connectivity index (χ0v) is 67.0. The van der Waals surface area contributed by atoms with Crippen LogP contribution < -0.4 is 86.8 Å². The molecule has 9 rings (SSSR count). The van der Waals surface area contributed by atoms with Crippen molar-refractivity contribution in [2.45, 2.75) is 272 Å². The molecule has 1 aliphatic rings. The van der Waals surface area contributed by atoms with Crippen LogP contribution in [0.4, 0.5) is 0 Å². The van der Waals surface area contributed by atoms with Gasteiger partial charge in [-0.05, 0) is 141 Å². The lowest BCUT2D eigenvalue weighted by Gasteiger charge is -2.25. The molecule has 0 aliphatic heterocycles. The van der Waals surface area contributed by atoms with Crippen molar-refractivity contribution in [3.8, 4) is 23.0 Å². The van der Waals surface area contributed by atoms with Crippen LogP contribution in [0.15, 0.2) is 123 Å². The Morgan fingerprint density at radius 3 is 0.618 bits per heavy atom. The van der Waals surface area contributed by atoms with Crippen molar-refractivity contribution >= 4 is 0 Å². The quantitative estimate of drug-likeness (QED) is 0.0329. The van der Waals surface area contributed by atoms with Gasteiger partial charge in [0.15, 0.2) is 0 Å². The third-order valence-electron chi connectivity index (χ3n) is 19.9. The fourth-order valence-corrected chi connectivity index (χ4v) is 14.9. The lowest BCUT2D eigenvalue weighted by atomic mass is 9.88. The minimum Gasteiger partial charge on any atom is -1.00 e. The number of fused-ring (bicyclic) bond motifs is 8. The zero-order chi connectivity index (χ0) is 68.5. The van der Waals surface area contributed by atoms with Crippen molar-refractivity contribution in [1.29, 1.82) is 0 Å². The second kappa shape index (κ2) is 48.2. The third-order valence-corrected chi connectivity index (χ3v) is 19.9. The number of aromatic nitrogens is 8. The van der Waals surface area contributed by atoms with E-state index < -0.39 is 0 Å². The number of aryl methyl sites for hydroxylation is 4. The Balaban J connectivity index is 0.00000468. The molecule has 0 saturated heterocycles. The number of hydrogen-bond acceptors (Lipinski definition) is 4. The molecule has 0 saturated carbocycles. The predicted octanol–water partition coefficient (Wildman–Crippen LogP) is 6.37. The lowest BCUT2D eigenvalue weighted by Crippen LogP contribution is -3.00. The number of nitrogens with zero attached hydrogens (tertiary/aromatic N) is 8. The van der Waals surface area contributed by atoms with Gasteiger partial charge in [0.25, 0.3) is 0 Å². The summed E-state index contributed by atoms with van der Waals surface area (Å²) in [7, 11) is 8.44. The van der Waals surface area contributed by atoms with E-state index in [-0.39, 0.29) is 49.6 Å². The summed E-state index contributed by atoms with van der Waals surface area (Å²) < 4.78 is 47.2. The van der Waals surface area contributed by atoms with Gasteiger partial charge in [0.1, 0.15) is 98.8 Å². The number of halogens is 4. The van der Waals surface area contributed by atoms with Crippen molar-refractivity contribution in [3.05, 3.63) is 190 Å². The summed E-state index contributed by atoms with van der Waals surface area (Å²) in [4.78, 5) is 0. The van der Waals surface area contributed by atoms with Crippen molar-refractivity contribution in [2.75, 3.05) is 26.4 Å². The van der Waals surface area contributed by atoms with Gasteiger partial charge in [0.05, 0.1) is 54.6 Å². The van der Waals surface area contributed by atoms with Gasteiger partial charge in [0.2, 0.25) is 25.3 Å². The van der Waals surface area contributed by atoms with Gasteiger partial charge in [-0.2, -0.15) is 0 Å². The summed E-state index contributed by atoms with van der Waals surface area (Å²) >= 11 is 0. The van der Waals surface area contributed by atoms with Gasteiger partial charge in [-0.1, -0.05) is 195 Å². The molecule has 8 aromatic rings. The van der Waals surface area contributed by atoms with Gasteiger partial charge in [-0.15, -0.1) is 0 Å². The van der Waals surface area contributed by atoms with E-state index in [1.165, 1.54) is 221 Å². The smallest absolute Gasteiger partial charge is 0.243 e. The summed E-state index contributed by atoms with van der Waals surface area (Å²) in [5, 5.41) is 0. The minimum absolute atomic E-state index is 0. The zero-order valence-electron chi connectivity index (χ0n) is 64.0. The van der Waals surface area contributed by atoms with E-state index in [1.807, 2.05) is 0 Å². The molecule has 16 heteroatoms. The summed E-state index contributed by atoms with van der Waals surface area (Å²) in [5.74, 6) is 3.96. The standard InChI is InChI=1S/C86H128N8O4.4ClH/c1-9-13-15-17-19-21-23-25-27-29-31-33-35-37-49-97-85-79-55-73(65-93-45-41-89(7)69-93)56-80(85)60-76-52-72(64-92-44-40-88(6)68-92)54-78(84(76)96-48-12-4)62-82-58-74(66-94-46-42-90(8)70-94)57-81(86(82)98-50-38-36-34-32-30-28-26-24-22-20-18-16-14-10-2)61-77-53-71(63-91-43-39-87(5)67-91)51-75(59-79)83(77)95-47-11-3;;;;/h39-46,51-58,67-70H,9-38,47-50,59-66H2,1-8H3;4*1H/q+4;;;;/p-4. The normalized spacial score (nSPS) is 11.8. The highest BCUT2D eigenvalue weighted by molar-refractivity contribution is 5.59. The first-order valence-electron chi connectivity index (χ1n) is 39.2. The number of rotatable bonds is 46. The Labute approximate surface area is 641 Å². The largest absolute Gasteiger partial charge is 1.00 e. The minimum atomic E-state index is 0. The maximum absolute atomic E-state index is 7.46. The van der Waals surface area contributed by atoms with Crippen LogP contribution >= 0.6 is 0 Å². The van der Waals surface area contributed by atoms with Crippen LogP contribution in [0.25, 0.3) is 0 Å². The third kappa shape index (κ3) is 28.9. The van der Waals surface area contributed by atoms with Crippen LogP contribution in [-0.2, 0) is 80.1 Å². The van der Waals surface area contributed by atoms with Crippen LogP contribution in [0, 0.1) is 0 Å². The first-order valence-corrected chi connectivity index (χ1v) is 39.2. The fourth-order valence-electron chi connectivity index (χ4n) is 14.9. The van der Waals surface area contributed by atoms with E-state index in [9.17, 15) is 0 Å². The number of benzene rings is 4. The summed E-state index contributed by atoms with van der Waals surface area (Å²) in [6.07, 6.45) is 67.4. The van der Waals surface area contributed by atoms with Crippen molar-refractivity contribution < 1.29 is 86.8 Å². The summed E-state index contributed by atoms with van der Waals surface area (Å²) in [5.41, 5.74) is 14.5. The van der Waals surface area contributed by atoms with E-state index >= 15 is 0 Å². The Bertz CT molecular complexity index is 3300. The van der Waals surface area contributed by atoms with Crippen LogP contribution in [0.1, 0.15) is 287 Å². The second-order valence-electron chi connectivity index (χ2n) is 29.3. The van der Waals surface area contributed by atoms with Gasteiger partial charge >= 0.3 is 0 Å². The molecule has 12 nitrogen and oxygen atoms in total. The molecule has 102 heavy (non-hydrogen) atoms. The predicted molar refractivity (Wildman–Crippen MR) is 399 cm³/mol. The number of unbranched alkanes of at least 4 members (excludes halogenated alkanes) is 26. The molecule has 0 unspecified atom stereocenters. The lowest BCUT2D eigenvalue weighted by molar-refractivity contribution is -0.671. The van der Waals surface area contributed by atoms with Gasteiger partial charge in [-0.25, -0.2) is 36.5 Å². The molecule has 8 bridgehead atoms. The molecule has 0 fully saturated rings. The number of imidazole rings is 4. The highest BCUT2D eigenvalue weighted by atomic mass is 35.5. The van der Waals surface area contributed by atoms with Gasteiger partial charge < -0.3 is 68.6 Å². The van der Waals surface area contributed by atoms with Crippen LogP contribution in [0.3, 0.4) is 0 Å². The topological polar surface area (TPSA) is 72.2 Å². The number of hydrogen-bond donors (Lipinski definition) is 0. The average Bonchev–Trinajstić information content (AvgIpc) is 0.879. The molecule has 0 N–H and O–H groups in total. The first-order chi connectivity index (χ1) is 48.0. The second-order valence-corrected chi connectivity index (χ2v) is 29.3. The SMILES string of the molecule is CCCCCCCCCCCCCCCCOc1c2cc(Cn3cc[n+](C)c3)cc1Cc1cc(Cn3cc[n+](C)c3)cc(c1OCCC)Cc1cc(Cn3cc[n+](C)c3)cc(c1OCCCCCCCCCCCCCCCC)Cc1cc(Cn3cc[n+](C)c3)cc(c1OCCC)C2.[Cl-].[Cl-].[Cl-].[Cl-]. The molecule has 0 radical (unpaired) electrons. The molecule has 0 atom stereocenters. The molecule has 4 aromatic heterocycles. The average molecular weight is 1480 g/mol. The molecular formula is C86H128Cl4N8O4. The highest BCUT2D eigenvalue weighted by Crippen LogP contribution is 2.42. The molecule has 0 spiro atoms. The Morgan fingerprint density at radius 1 is 0.255 bits per heavy atom. The Kier molecular flexibility index (Phi) is 41.0. The van der Waals surface area contributed by atoms with Crippen molar-refractivity contribution in [1.82, 2.24) is 18.3 Å². The monoisotopic (exact) mass is 1480 g/mol. The molecule has 0 amide bonds. The van der Waals surface area contributed by atoms with Crippen molar-refractivity contribution in [3.63, 3.8) is 0 Å². The molecule has 564 valence electrons. The Hall–Kier alpha value is -5.92. The first kappa shape index (κ1) is 86.7. The number of ether oxygens (including phenoxy) is 4. The summed E-state index contributed by atoms with van der Waals surface area (Å²) in [6, 6.07) is 19.6. The van der Waals surface area contributed by atoms with E-state index in [4.69, 9.17) is 18.9 Å². The maximum atomic E-state index is 7.46. The molecule has 4 heterocycles. The maximum Gasteiger partial charge on any atom is 0.243 e. The van der Waals surface area contributed by atoms with Crippen molar-refractivity contribution in [2.24, 2.45) is 28.2 Å². The summed E-state index contributed by atoms with van der Waals surface area (Å²) in [6.45, 7) is 14.5. The fraction of sp³-hybridized carbons (Fsp3) is 0.581. The van der Waals surface area contributed by atoms with Gasteiger partial charge in [-0.3, -0.25) is 0 Å².